The van der Waals surface area contributed by atoms with Gasteiger partial charge in [0.1, 0.15) is 12.1 Å². The average Bonchev–Trinajstić information content (AvgIpc) is 2.40. The van der Waals surface area contributed by atoms with Crippen molar-refractivity contribution < 1.29 is 14.5 Å². The minimum atomic E-state index is -1.08. The first-order valence-corrected chi connectivity index (χ1v) is 6.32. The maximum Gasteiger partial charge on any atom is 0.286 e. The molecule has 1 heterocycles. The van der Waals surface area contributed by atoms with Crippen molar-refractivity contribution in [3.05, 3.63) is 38.3 Å². The Morgan fingerprint density at radius 3 is 2.67 bits per heavy atom. The monoisotopic (exact) mass is 296 g/mol. The van der Waals surface area contributed by atoms with Gasteiger partial charge in [-0.1, -0.05) is 13.3 Å². The van der Waals surface area contributed by atoms with Gasteiger partial charge in [-0.2, -0.15) is 0 Å². The van der Waals surface area contributed by atoms with Gasteiger partial charge in [-0.15, -0.1) is 0 Å². The molecular formula is C12H16N4O5. The van der Waals surface area contributed by atoms with Gasteiger partial charge in [-0.05, 0) is 6.42 Å². The molecule has 0 saturated carbocycles. The van der Waals surface area contributed by atoms with Gasteiger partial charge in [0.05, 0.1) is 11.1 Å². The summed E-state index contributed by atoms with van der Waals surface area (Å²) in [5.74, 6) is -1.55. The first-order valence-electron chi connectivity index (χ1n) is 6.32. The molecule has 0 aromatic carbocycles. The van der Waals surface area contributed by atoms with Gasteiger partial charge >= 0.3 is 0 Å². The van der Waals surface area contributed by atoms with E-state index >= 15 is 0 Å². The molecule has 0 aliphatic carbocycles. The summed E-state index contributed by atoms with van der Waals surface area (Å²) in [6.45, 7) is 1.99. The number of carbonyl (C=O) groups is 2. The van der Waals surface area contributed by atoms with Crippen molar-refractivity contribution in [3.8, 4) is 0 Å². The van der Waals surface area contributed by atoms with Crippen LogP contribution < -0.4 is 16.6 Å². The molecule has 0 bridgehead atoms. The van der Waals surface area contributed by atoms with E-state index in [1.165, 1.54) is 0 Å². The van der Waals surface area contributed by atoms with Crippen LogP contribution in [0.15, 0.2) is 17.1 Å². The Morgan fingerprint density at radius 1 is 1.48 bits per heavy atom. The predicted octanol–water partition coefficient (Wildman–Crippen LogP) is -0.228. The first-order chi connectivity index (χ1) is 9.86. The third-order valence-corrected chi connectivity index (χ3v) is 2.71. The number of aromatic nitrogens is 1. The molecule has 1 rings (SSSR count). The third-order valence-electron chi connectivity index (χ3n) is 2.71. The summed E-state index contributed by atoms with van der Waals surface area (Å²) in [6.07, 6.45) is 2.58. The fraction of sp³-hybridized carbons (Fsp3) is 0.417. The Kier molecular flexibility index (Phi) is 5.58. The molecule has 0 unspecified atom stereocenters. The number of amides is 2. The minimum Gasteiger partial charge on any atom is -0.365 e. The number of primary amides is 1. The summed E-state index contributed by atoms with van der Waals surface area (Å²) in [7, 11) is 0. The molecule has 21 heavy (non-hydrogen) atoms. The van der Waals surface area contributed by atoms with Gasteiger partial charge in [-0.25, -0.2) is 0 Å². The van der Waals surface area contributed by atoms with Gasteiger partial charge in [0.15, 0.2) is 0 Å². The fourth-order valence-corrected chi connectivity index (χ4v) is 1.63. The van der Waals surface area contributed by atoms with Crippen LogP contribution in [-0.4, -0.2) is 27.8 Å². The maximum atomic E-state index is 11.9. The van der Waals surface area contributed by atoms with Gasteiger partial charge in [-0.3, -0.25) is 29.1 Å². The molecule has 2 amide bonds. The van der Waals surface area contributed by atoms with Crippen LogP contribution in [0, 0.1) is 10.1 Å². The molecule has 9 nitrogen and oxygen atoms in total. The minimum absolute atomic E-state index is 0.412. The zero-order chi connectivity index (χ0) is 16.0. The average molecular weight is 296 g/mol. The zero-order valence-corrected chi connectivity index (χ0v) is 11.5. The SMILES string of the molecule is CCCCNC(=O)Cn1cc([N+](=O)[O-])cc(C(N)=O)c1=O. The second-order valence-corrected chi connectivity index (χ2v) is 4.37. The lowest BCUT2D eigenvalue weighted by Crippen LogP contribution is -2.35. The molecule has 0 radical (unpaired) electrons. The molecule has 0 saturated heterocycles. The number of pyridine rings is 1. The topological polar surface area (TPSA) is 137 Å². The summed E-state index contributed by atoms with van der Waals surface area (Å²) in [4.78, 5) is 44.7. The number of carbonyl (C=O) groups excluding carboxylic acids is 2. The molecule has 3 N–H and O–H groups in total. The Morgan fingerprint density at radius 2 is 2.14 bits per heavy atom. The lowest BCUT2D eigenvalue weighted by molar-refractivity contribution is -0.385. The molecule has 0 spiro atoms. The van der Waals surface area contributed by atoms with E-state index in [1.54, 1.807) is 0 Å². The lowest BCUT2D eigenvalue weighted by Gasteiger charge is -2.08. The van der Waals surface area contributed by atoms with Gasteiger partial charge in [0.25, 0.3) is 17.2 Å². The van der Waals surface area contributed by atoms with Crippen LogP contribution >= 0.6 is 0 Å². The number of nitro groups is 1. The Labute approximate surface area is 119 Å². The number of unbranched alkanes of at least 4 members (excludes halogenated alkanes) is 1. The molecule has 114 valence electrons. The van der Waals surface area contributed by atoms with Gasteiger partial charge < -0.3 is 11.1 Å². The summed E-state index contributed by atoms with van der Waals surface area (Å²) < 4.78 is 0.805. The van der Waals surface area contributed by atoms with Crippen molar-refractivity contribution in [2.75, 3.05) is 6.54 Å². The number of hydrogen-bond donors (Lipinski definition) is 2. The van der Waals surface area contributed by atoms with E-state index in [-0.39, 0.29) is 0 Å². The lowest BCUT2D eigenvalue weighted by atomic mass is 10.2. The number of nitrogens with zero attached hydrogens (tertiary/aromatic N) is 2. The van der Waals surface area contributed by atoms with E-state index in [2.05, 4.69) is 5.32 Å². The number of rotatable bonds is 7. The van der Waals surface area contributed by atoms with Crippen molar-refractivity contribution in [1.82, 2.24) is 9.88 Å². The van der Waals surface area contributed by atoms with Gasteiger partial charge in [0.2, 0.25) is 5.91 Å². The third kappa shape index (κ3) is 4.41. The van der Waals surface area contributed by atoms with Crippen LogP contribution in [0.1, 0.15) is 30.1 Å². The number of hydrogen-bond acceptors (Lipinski definition) is 5. The highest BCUT2D eigenvalue weighted by molar-refractivity contribution is 5.93. The van der Waals surface area contributed by atoms with Crippen molar-refractivity contribution in [2.45, 2.75) is 26.3 Å². The van der Waals surface area contributed by atoms with Gasteiger partial charge in [0, 0.05) is 12.6 Å². The predicted molar refractivity (Wildman–Crippen MR) is 73.8 cm³/mol. The molecule has 1 aromatic rings. The smallest absolute Gasteiger partial charge is 0.286 e. The first kappa shape index (κ1) is 16.3. The van der Waals surface area contributed by atoms with E-state index in [9.17, 15) is 24.5 Å². The van der Waals surface area contributed by atoms with Crippen LogP contribution in [0.3, 0.4) is 0 Å². The second-order valence-electron chi connectivity index (χ2n) is 4.37. The van der Waals surface area contributed by atoms with Crippen molar-refractivity contribution in [1.29, 1.82) is 0 Å². The standard InChI is InChI=1S/C12H16N4O5/c1-2-3-4-14-10(17)7-15-6-8(16(20)21)5-9(11(13)18)12(15)19/h5-6H,2-4,7H2,1H3,(H2,13,18)(H,14,17). The summed E-state index contributed by atoms with van der Waals surface area (Å²) in [5, 5.41) is 13.3. The van der Waals surface area contributed by atoms with Crippen LogP contribution in [0.4, 0.5) is 5.69 Å². The Bertz CT molecular complexity index is 623. The molecule has 0 aliphatic rings. The second kappa shape index (κ2) is 7.17. The van der Waals surface area contributed by atoms with Crippen molar-refractivity contribution >= 4 is 17.5 Å². The molecular weight excluding hydrogens is 280 g/mol. The molecule has 0 fully saturated rings. The maximum absolute atomic E-state index is 11.9. The summed E-state index contributed by atoms with van der Waals surface area (Å²) >= 11 is 0. The van der Waals surface area contributed by atoms with E-state index in [4.69, 9.17) is 5.73 Å². The van der Waals surface area contributed by atoms with E-state index in [1.807, 2.05) is 6.92 Å². The highest BCUT2D eigenvalue weighted by Gasteiger charge is 2.18. The van der Waals surface area contributed by atoms with E-state index < -0.39 is 40.1 Å². The molecule has 0 atom stereocenters. The fourth-order valence-electron chi connectivity index (χ4n) is 1.63. The summed E-state index contributed by atoms with van der Waals surface area (Å²) in [5.41, 5.74) is 3.17. The highest BCUT2D eigenvalue weighted by atomic mass is 16.6. The largest absolute Gasteiger partial charge is 0.365 e. The highest BCUT2D eigenvalue weighted by Crippen LogP contribution is 2.09. The van der Waals surface area contributed by atoms with Crippen LogP contribution in [0.5, 0.6) is 0 Å². The molecule has 0 aliphatic heterocycles. The van der Waals surface area contributed by atoms with Crippen LogP contribution in [-0.2, 0) is 11.3 Å². The quantitative estimate of drug-likeness (QED) is 0.406. The number of nitrogens with one attached hydrogen (secondary N) is 1. The number of nitrogens with two attached hydrogens (primary N) is 1. The van der Waals surface area contributed by atoms with Crippen molar-refractivity contribution in [3.63, 3.8) is 0 Å². The van der Waals surface area contributed by atoms with Crippen LogP contribution in [0.25, 0.3) is 0 Å². The van der Waals surface area contributed by atoms with Crippen molar-refractivity contribution in [2.24, 2.45) is 5.73 Å². The Balaban J connectivity index is 3.05. The Hall–Kier alpha value is -2.71. The van der Waals surface area contributed by atoms with E-state index in [0.29, 0.717) is 6.54 Å². The zero-order valence-electron chi connectivity index (χ0n) is 11.5. The normalized spacial score (nSPS) is 10.1. The molecule has 9 heteroatoms. The molecule has 1 aromatic heterocycles. The summed E-state index contributed by atoms with van der Waals surface area (Å²) in [6, 6.07) is 0.802. The van der Waals surface area contributed by atoms with Crippen LogP contribution in [0.2, 0.25) is 0 Å². The van der Waals surface area contributed by atoms with E-state index in [0.717, 1.165) is 29.7 Å².